The third kappa shape index (κ3) is 9.09. The number of ether oxygens (including phenoxy) is 1. The standard InChI is InChI=1S/C24H27NO5S/c1-24(2,3)30-23(29)25-20(22(27)28)16-31-15-18-11-9-17(10-12-18)13-14-21(26)19-7-5-4-6-8-19/h4-14,20H,15-16H2,1-3H3,(H,25,29)(H,27,28)/b14-13+. The minimum atomic E-state index is -1.11. The number of carbonyl (C=O) groups is 3. The molecule has 1 amide bonds. The minimum Gasteiger partial charge on any atom is -0.480 e. The van der Waals surface area contributed by atoms with Gasteiger partial charge in [0.2, 0.25) is 0 Å². The van der Waals surface area contributed by atoms with E-state index in [0.717, 1.165) is 11.1 Å². The van der Waals surface area contributed by atoms with Crippen molar-refractivity contribution in [2.75, 3.05) is 5.75 Å². The average molecular weight is 442 g/mol. The number of thioether (sulfide) groups is 1. The second kappa shape index (κ2) is 11.4. The fraction of sp³-hybridized carbons (Fsp3) is 0.292. The van der Waals surface area contributed by atoms with Crippen molar-refractivity contribution in [3.8, 4) is 0 Å². The summed E-state index contributed by atoms with van der Waals surface area (Å²) in [5.74, 6) is -0.367. The van der Waals surface area contributed by atoms with Crippen LogP contribution in [0.15, 0.2) is 60.7 Å². The monoisotopic (exact) mass is 441 g/mol. The lowest BCUT2D eigenvalue weighted by Crippen LogP contribution is -2.44. The topological polar surface area (TPSA) is 92.7 Å². The normalized spacial score (nSPS) is 12.4. The smallest absolute Gasteiger partial charge is 0.408 e. The highest BCUT2D eigenvalue weighted by molar-refractivity contribution is 7.98. The largest absolute Gasteiger partial charge is 0.480 e. The molecule has 2 N–H and O–H groups in total. The summed E-state index contributed by atoms with van der Waals surface area (Å²) in [6.45, 7) is 5.15. The highest BCUT2D eigenvalue weighted by Gasteiger charge is 2.23. The van der Waals surface area contributed by atoms with Crippen LogP contribution in [0.3, 0.4) is 0 Å². The van der Waals surface area contributed by atoms with Gasteiger partial charge in [-0.1, -0.05) is 60.7 Å². The summed E-state index contributed by atoms with van der Waals surface area (Å²) in [5, 5.41) is 11.7. The number of hydrogen-bond acceptors (Lipinski definition) is 5. The van der Waals surface area contributed by atoms with Gasteiger partial charge in [0.25, 0.3) is 0 Å². The summed E-state index contributed by atoms with van der Waals surface area (Å²) < 4.78 is 5.11. The Morgan fingerprint density at radius 3 is 2.29 bits per heavy atom. The molecule has 0 radical (unpaired) electrons. The number of benzene rings is 2. The van der Waals surface area contributed by atoms with Crippen LogP contribution in [0.5, 0.6) is 0 Å². The van der Waals surface area contributed by atoms with E-state index in [0.29, 0.717) is 11.3 Å². The summed E-state index contributed by atoms with van der Waals surface area (Å²) in [6, 6.07) is 15.7. The Morgan fingerprint density at radius 1 is 1.06 bits per heavy atom. The second-order valence-corrected chi connectivity index (χ2v) is 8.89. The highest BCUT2D eigenvalue weighted by atomic mass is 32.2. The molecule has 0 aliphatic carbocycles. The average Bonchev–Trinajstić information content (AvgIpc) is 2.71. The summed E-state index contributed by atoms with van der Waals surface area (Å²) >= 11 is 1.40. The van der Waals surface area contributed by atoms with Gasteiger partial charge in [0.15, 0.2) is 5.78 Å². The molecule has 0 saturated heterocycles. The number of nitrogens with one attached hydrogen (secondary N) is 1. The van der Waals surface area contributed by atoms with Crippen LogP contribution >= 0.6 is 11.8 Å². The van der Waals surface area contributed by atoms with Gasteiger partial charge in [0, 0.05) is 17.1 Å². The number of carboxylic acids is 1. The zero-order valence-corrected chi connectivity index (χ0v) is 18.6. The van der Waals surface area contributed by atoms with Crippen molar-refractivity contribution in [2.45, 2.75) is 38.2 Å². The maximum Gasteiger partial charge on any atom is 0.408 e. The van der Waals surface area contributed by atoms with Crippen LogP contribution in [-0.2, 0) is 15.3 Å². The van der Waals surface area contributed by atoms with E-state index in [1.165, 1.54) is 11.8 Å². The van der Waals surface area contributed by atoms with E-state index in [1.807, 2.05) is 42.5 Å². The summed E-state index contributed by atoms with van der Waals surface area (Å²) in [7, 11) is 0. The minimum absolute atomic E-state index is 0.0579. The van der Waals surface area contributed by atoms with Crippen molar-refractivity contribution in [1.82, 2.24) is 5.32 Å². The van der Waals surface area contributed by atoms with Crippen LogP contribution in [-0.4, -0.2) is 40.3 Å². The molecule has 1 unspecified atom stereocenters. The number of allylic oxidation sites excluding steroid dienone is 1. The Bertz CT molecular complexity index is 917. The Kier molecular flexibility index (Phi) is 8.88. The predicted molar refractivity (Wildman–Crippen MR) is 123 cm³/mol. The van der Waals surface area contributed by atoms with E-state index in [9.17, 15) is 19.5 Å². The van der Waals surface area contributed by atoms with Crippen LogP contribution in [0.25, 0.3) is 6.08 Å². The predicted octanol–water partition coefficient (Wildman–Crippen LogP) is 4.79. The lowest BCUT2D eigenvalue weighted by molar-refractivity contribution is -0.138. The van der Waals surface area contributed by atoms with Gasteiger partial charge in [-0.3, -0.25) is 4.79 Å². The highest BCUT2D eigenvalue weighted by Crippen LogP contribution is 2.16. The van der Waals surface area contributed by atoms with Crippen molar-refractivity contribution in [3.05, 3.63) is 77.4 Å². The molecule has 1 atom stereocenters. The number of carboxylic acid groups (broad SMARTS) is 1. The van der Waals surface area contributed by atoms with Crippen LogP contribution < -0.4 is 5.32 Å². The molecule has 0 aromatic heterocycles. The third-order valence-corrected chi connectivity index (χ3v) is 5.11. The number of ketones is 1. The van der Waals surface area contributed by atoms with Gasteiger partial charge in [-0.05, 0) is 38.0 Å². The van der Waals surface area contributed by atoms with Gasteiger partial charge >= 0.3 is 12.1 Å². The quantitative estimate of drug-likeness (QED) is 0.429. The number of hydrogen-bond donors (Lipinski definition) is 2. The number of aliphatic carboxylic acids is 1. The molecule has 0 heterocycles. The van der Waals surface area contributed by atoms with Gasteiger partial charge in [-0.15, -0.1) is 0 Å². The van der Waals surface area contributed by atoms with E-state index in [1.54, 1.807) is 45.1 Å². The van der Waals surface area contributed by atoms with Crippen molar-refractivity contribution in [2.24, 2.45) is 0 Å². The molecule has 0 aliphatic rings. The summed E-state index contributed by atoms with van der Waals surface area (Å²) in [4.78, 5) is 35.3. The molecule has 0 aliphatic heterocycles. The van der Waals surface area contributed by atoms with Gasteiger partial charge in [0.1, 0.15) is 11.6 Å². The Hall–Kier alpha value is -3.06. The maximum atomic E-state index is 12.1. The zero-order chi connectivity index (χ0) is 22.9. The number of amides is 1. The fourth-order valence-corrected chi connectivity index (χ4v) is 3.52. The summed E-state index contributed by atoms with van der Waals surface area (Å²) in [5.41, 5.74) is 1.85. The SMILES string of the molecule is CC(C)(C)OC(=O)NC(CSCc1ccc(/C=C/C(=O)c2ccccc2)cc1)C(=O)O. The molecule has 2 rings (SSSR count). The van der Waals surface area contributed by atoms with Crippen LogP contribution in [0.1, 0.15) is 42.3 Å². The lowest BCUT2D eigenvalue weighted by Gasteiger charge is -2.21. The van der Waals surface area contributed by atoms with Crippen LogP contribution in [0.4, 0.5) is 4.79 Å². The zero-order valence-electron chi connectivity index (χ0n) is 17.8. The maximum absolute atomic E-state index is 12.1. The molecule has 2 aromatic carbocycles. The van der Waals surface area contributed by atoms with Crippen LogP contribution in [0.2, 0.25) is 0 Å². The van der Waals surface area contributed by atoms with Gasteiger partial charge in [-0.2, -0.15) is 11.8 Å². The number of rotatable bonds is 9. The molecule has 2 aromatic rings. The van der Waals surface area contributed by atoms with E-state index in [-0.39, 0.29) is 11.5 Å². The van der Waals surface area contributed by atoms with Crippen molar-refractivity contribution < 1.29 is 24.2 Å². The fourth-order valence-electron chi connectivity index (χ4n) is 2.51. The molecular formula is C24H27NO5S. The molecule has 164 valence electrons. The molecule has 0 saturated carbocycles. The molecular weight excluding hydrogens is 414 g/mol. The Balaban J connectivity index is 1.84. The van der Waals surface area contributed by atoms with Gasteiger partial charge < -0.3 is 15.2 Å². The van der Waals surface area contributed by atoms with Crippen molar-refractivity contribution >= 4 is 35.7 Å². The molecule has 7 heteroatoms. The molecule has 6 nitrogen and oxygen atoms in total. The molecule has 0 bridgehead atoms. The first-order valence-corrected chi connectivity index (χ1v) is 11.0. The molecule has 0 fully saturated rings. The summed E-state index contributed by atoms with van der Waals surface area (Å²) in [6.07, 6.45) is 2.55. The number of carbonyl (C=O) groups excluding carboxylic acids is 2. The van der Waals surface area contributed by atoms with E-state index >= 15 is 0 Å². The lowest BCUT2D eigenvalue weighted by atomic mass is 10.1. The van der Waals surface area contributed by atoms with Crippen molar-refractivity contribution in [3.63, 3.8) is 0 Å². The van der Waals surface area contributed by atoms with Crippen LogP contribution in [0, 0.1) is 0 Å². The third-order valence-electron chi connectivity index (χ3n) is 4.01. The molecule has 0 spiro atoms. The first-order valence-electron chi connectivity index (χ1n) is 9.80. The van der Waals surface area contributed by atoms with E-state index in [2.05, 4.69) is 5.32 Å². The number of alkyl carbamates (subject to hydrolysis) is 1. The van der Waals surface area contributed by atoms with Crippen molar-refractivity contribution in [1.29, 1.82) is 0 Å². The first-order chi connectivity index (χ1) is 14.6. The second-order valence-electron chi connectivity index (χ2n) is 7.86. The van der Waals surface area contributed by atoms with E-state index < -0.39 is 23.7 Å². The Labute approximate surface area is 186 Å². The van der Waals surface area contributed by atoms with E-state index in [4.69, 9.17) is 4.74 Å². The molecule has 31 heavy (non-hydrogen) atoms. The van der Waals surface area contributed by atoms with Gasteiger partial charge in [-0.25, -0.2) is 9.59 Å². The Morgan fingerprint density at radius 2 is 1.71 bits per heavy atom. The first kappa shape index (κ1) is 24.2. The van der Waals surface area contributed by atoms with Gasteiger partial charge in [0.05, 0.1) is 0 Å².